The molecule has 2 aliphatic rings. The van der Waals surface area contributed by atoms with Crippen LogP contribution in [0.1, 0.15) is 78.1 Å². The molecule has 164 valence electrons. The molecule has 1 saturated carbocycles. The van der Waals surface area contributed by atoms with Crippen molar-refractivity contribution in [2.45, 2.75) is 83.6 Å². The van der Waals surface area contributed by atoms with Crippen LogP contribution in [0.25, 0.3) is 0 Å². The molecule has 6 heteroatoms. The third-order valence-electron chi connectivity index (χ3n) is 5.17. The zero-order valence-corrected chi connectivity index (χ0v) is 18.2. The predicted octanol–water partition coefficient (Wildman–Crippen LogP) is 3.84. The van der Waals surface area contributed by atoms with Gasteiger partial charge >= 0.3 is 0 Å². The Hall–Kier alpha value is -2.08. The highest BCUT2D eigenvalue weighted by Gasteiger charge is 2.40. The van der Waals surface area contributed by atoms with Crippen molar-refractivity contribution in [3.05, 3.63) is 36.3 Å². The quantitative estimate of drug-likeness (QED) is 0.380. The highest BCUT2D eigenvalue weighted by atomic mass is 16.5. The van der Waals surface area contributed by atoms with E-state index in [4.69, 9.17) is 10.5 Å². The lowest BCUT2D eigenvalue weighted by Crippen LogP contribution is -2.58. The average Bonchev–Trinajstić information content (AvgIpc) is 2.74. The maximum absolute atomic E-state index is 12.0. The van der Waals surface area contributed by atoms with Gasteiger partial charge in [0.15, 0.2) is 5.76 Å². The number of allylic oxidation sites excluding steroid dienone is 2. The van der Waals surface area contributed by atoms with Gasteiger partial charge in [0.25, 0.3) is 5.91 Å². The van der Waals surface area contributed by atoms with Crippen LogP contribution in [0.2, 0.25) is 0 Å². The van der Waals surface area contributed by atoms with Crippen molar-refractivity contribution in [2.75, 3.05) is 13.1 Å². The molecule has 1 aliphatic heterocycles. The molecule has 0 radical (unpaired) electrons. The molecule has 0 aromatic rings. The number of unbranched alkanes of at least 4 members (excludes halogenated alkanes) is 1. The van der Waals surface area contributed by atoms with E-state index in [1.54, 1.807) is 12.2 Å². The Morgan fingerprint density at radius 2 is 1.93 bits per heavy atom. The molecule has 1 heterocycles. The van der Waals surface area contributed by atoms with Gasteiger partial charge in [0.1, 0.15) is 5.54 Å². The van der Waals surface area contributed by atoms with E-state index in [0.29, 0.717) is 19.3 Å². The van der Waals surface area contributed by atoms with Crippen LogP contribution < -0.4 is 16.4 Å². The Labute approximate surface area is 176 Å². The summed E-state index contributed by atoms with van der Waals surface area (Å²) >= 11 is 0. The maximum Gasteiger partial charge on any atom is 0.287 e. The summed E-state index contributed by atoms with van der Waals surface area (Å²) < 4.78 is 5.12. The van der Waals surface area contributed by atoms with Crippen LogP contribution in [0.3, 0.4) is 0 Å². The number of amides is 2. The van der Waals surface area contributed by atoms with Gasteiger partial charge in [-0.1, -0.05) is 51.7 Å². The van der Waals surface area contributed by atoms with Gasteiger partial charge in [0.2, 0.25) is 5.91 Å². The molecule has 0 aromatic heterocycles. The van der Waals surface area contributed by atoms with Gasteiger partial charge in [-0.05, 0) is 57.2 Å². The molecule has 0 atom stereocenters. The first-order valence-electron chi connectivity index (χ1n) is 11.0. The lowest BCUT2D eigenvalue weighted by molar-refractivity contribution is -0.132. The summed E-state index contributed by atoms with van der Waals surface area (Å²) in [7, 11) is 0. The summed E-state index contributed by atoms with van der Waals surface area (Å²) in [6, 6.07) is 0. The molecule has 2 amide bonds. The van der Waals surface area contributed by atoms with Crippen LogP contribution in [-0.4, -0.2) is 30.4 Å². The van der Waals surface area contributed by atoms with Gasteiger partial charge < -0.3 is 21.1 Å². The average molecular weight is 406 g/mol. The second kappa shape index (κ2) is 14.0. The van der Waals surface area contributed by atoms with Gasteiger partial charge in [0, 0.05) is 6.54 Å². The van der Waals surface area contributed by atoms with Gasteiger partial charge in [-0.3, -0.25) is 9.59 Å². The Morgan fingerprint density at radius 3 is 2.48 bits per heavy atom. The monoisotopic (exact) mass is 405 g/mol. The second-order valence-corrected chi connectivity index (χ2v) is 7.79. The van der Waals surface area contributed by atoms with Crippen LogP contribution in [0.5, 0.6) is 0 Å². The molecule has 0 aromatic carbocycles. The van der Waals surface area contributed by atoms with Crippen molar-refractivity contribution in [3.8, 4) is 0 Å². The summed E-state index contributed by atoms with van der Waals surface area (Å²) in [5, 5.41) is 6.11. The molecule has 29 heavy (non-hydrogen) atoms. The standard InChI is InChI=1S/C13H18N2O3.C10H21N/c14-12(17)13(7-3-1-4-8-13)15-11(16)10-6-2-5-9-18-10;1-4-6-7-10(3)9-11-8-5-2/h5-6,9H,1-4,7-8H2,(H2,14,17)(H,15,16);11H,3-9H2,1-2H3. The van der Waals surface area contributed by atoms with E-state index in [9.17, 15) is 9.59 Å². The summed E-state index contributed by atoms with van der Waals surface area (Å²) in [5.74, 6) is -0.578. The first-order chi connectivity index (χ1) is 13.9. The lowest BCUT2D eigenvalue weighted by Gasteiger charge is -2.35. The Bertz CT molecular complexity index is 590. The van der Waals surface area contributed by atoms with Crippen LogP contribution in [0, 0.1) is 0 Å². The third-order valence-corrected chi connectivity index (χ3v) is 5.17. The summed E-state index contributed by atoms with van der Waals surface area (Å²) in [6.45, 7) is 10.5. The summed E-state index contributed by atoms with van der Waals surface area (Å²) in [5.41, 5.74) is 5.90. The first-order valence-corrected chi connectivity index (χ1v) is 11.0. The largest absolute Gasteiger partial charge is 0.460 e. The minimum atomic E-state index is -0.902. The fourth-order valence-electron chi connectivity index (χ4n) is 3.37. The molecule has 1 fully saturated rings. The van der Waals surface area contributed by atoms with Crippen LogP contribution in [-0.2, 0) is 14.3 Å². The van der Waals surface area contributed by atoms with E-state index in [2.05, 4.69) is 31.1 Å². The molecular formula is C23H39N3O3. The normalized spacial score (nSPS) is 17.2. The van der Waals surface area contributed by atoms with Crippen molar-refractivity contribution in [2.24, 2.45) is 5.73 Å². The van der Waals surface area contributed by atoms with E-state index in [1.807, 2.05) is 0 Å². The highest BCUT2D eigenvalue weighted by Crippen LogP contribution is 2.28. The number of primary amides is 1. The Morgan fingerprint density at radius 1 is 1.21 bits per heavy atom. The van der Waals surface area contributed by atoms with Gasteiger partial charge in [0.05, 0.1) is 6.26 Å². The van der Waals surface area contributed by atoms with Crippen molar-refractivity contribution < 1.29 is 14.3 Å². The molecule has 0 unspecified atom stereocenters. The number of hydrogen-bond donors (Lipinski definition) is 3. The number of nitrogens with one attached hydrogen (secondary N) is 2. The SMILES string of the molecule is C=C(CCCC)CNCCC.NC(=O)C1(NC(=O)C2=CCC=CO2)CCCCC1. The zero-order valence-electron chi connectivity index (χ0n) is 18.2. The van der Waals surface area contributed by atoms with Gasteiger partial charge in [-0.25, -0.2) is 0 Å². The smallest absolute Gasteiger partial charge is 0.287 e. The lowest BCUT2D eigenvalue weighted by atomic mass is 9.81. The topological polar surface area (TPSA) is 93.5 Å². The summed E-state index contributed by atoms with van der Waals surface area (Å²) in [6.07, 6.45) is 14.7. The predicted molar refractivity (Wildman–Crippen MR) is 118 cm³/mol. The van der Waals surface area contributed by atoms with Gasteiger partial charge in [-0.15, -0.1) is 0 Å². The molecule has 0 bridgehead atoms. The molecule has 6 nitrogen and oxygen atoms in total. The fourth-order valence-corrected chi connectivity index (χ4v) is 3.37. The minimum absolute atomic E-state index is 0.240. The molecular weight excluding hydrogens is 366 g/mol. The number of hydrogen-bond acceptors (Lipinski definition) is 4. The molecule has 0 saturated heterocycles. The van der Waals surface area contributed by atoms with Crippen molar-refractivity contribution in [1.82, 2.24) is 10.6 Å². The van der Waals surface area contributed by atoms with E-state index >= 15 is 0 Å². The molecule has 4 N–H and O–H groups in total. The number of rotatable bonds is 10. The van der Waals surface area contributed by atoms with Crippen molar-refractivity contribution >= 4 is 11.8 Å². The molecule has 2 rings (SSSR count). The van der Waals surface area contributed by atoms with Crippen molar-refractivity contribution in [1.29, 1.82) is 0 Å². The van der Waals surface area contributed by atoms with Crippen LogP contribution >= 0.6 is 0 Å². The van der Waals surface area contributed by atoms with Gasteiger partial charge in [-0.2, -0.15) is 0 Å². The fraction of sp³-hybridized carbons (Fsp3) is 0.652. The van der Waals surface area contributed by atoms with E-state index in [-0.39, 0.29) is 11.7 Å². The van der Waals surface area contributed by atoms with Crippen LogP contribution in [0.4, 0.5) is 0 Å². The van der Waals surface area contributed by atoms with E-state index < -0.39 is 11.4 Å². The van der Waals surface area contributed by atoms with E-state index in [0.717, 1.165) is 32.4 Å². The molecule has 1 aliphatic carbocycles. The highest BCUT2D eigenvalue weighted by molar-refractivity contribution is 5.97. The molecule has 0 spiro atoms. The first kappa shape index (κ1) is 25.0. The second-order valence-electron chi connectivity index (χ2n) is 7.79. The Kier molecular flexibility index (Phi) is 12.0. The van der Waals surface area contributed by atoms with Crippen molar-refractivity contribution in [3.63, 3.8) is 0 Å². The number of carbonyl (C=O) groups is 2. The van der Waals surface area contributed by atoms with Crippen LogP contribution in [0.15, 0.2) is 36.3 Å². The number of ether oxygens (including phenoxy) is 1. The maximum atomic E-state index is 12.0. The number of nitrogens with two attached hydrogens (primary N) is 1. The third kappa shape index (κ3) is 9.31. The number of carbonyl (C=O) groups excluding carboxylic acids is 2. The zero-order chi connectivity index (χ0) is 21.5. The Balaban J connectivity index is 0.000000331. The minimum Gasteiger partial charge on any atom is -0.460 e. The summed E-state index contributed by atoms with van der Waals surface area (Å²) in [4.78, 5) is 23.7. The van der Waals surface area contributed by atoms with E-state index in [1.165, 1.54) is 37.5 Å².